The van der Waals surface area contributed by atoms with E-state index in [1.54, 1.807) is 0 Å². The maximum Gasteiger partial charge on any atom is 0.516 e. The van der Waals surface area contributed by atoms with Gasteiger partial charge in [-0.15, -0.1) is 0 Å². The Hall–Kier alpha value is -4.04. The minimum Gasteiger partial charge on any atom is -0.442 e. The molecule has 17 heteroatoms. The molecule has 1 saturated heterocycles. The Morgan fingerprint density at radius 1 is 1.32 bits per heavy atom. The van der Waals surface area contributed by atoms with Gasteiger partial charge in [-0.1, -0.05) is 5.16 Å². The van der Waals surface area contributed by atoms with Crippen molar-refractivity contribution in [1.29, 1.82) is 0 Å². The van der Waals surface area contributed by atoms with Crippen LogP contribution in [0.15, 0.2) is 35.2 Å². The molecule has 2 aromatic rings. The molecule has 0 bridgehead atoms. The molecule has 1 aromatic heterocycles. The molecule has 38 heavy (non-hydrogen) atoms. The lowest BCUT2D eigenvalue weighted by molar-refractivity contribution is -0.114. The summed E-state index contributed by atoms with van der Waals surface area (Å²) < 4.78 is 76.9. The number of benzene rings is 1. The number of ether oxygens (including phenoxy) is 2. The SMILES string of the molecule is CCOC(=O)OP(=O)(O)N(CC1CN(c2cc(F)c(N3C=CC(=O)CC3)c(F)c2F)C(=O)O1)c1ccon1. The number of halogens is 3. The van der Waals surface area contributed by atoms with Crippen molar-refractivity contribution in [2.45, 2.75) is 19.4 Å². The average Bonchev–Trinajstić information content (AvgIpc) is 3.50. The van der Waals surface area contributed by atoms with Crippen LogP contribution in [0.2, 0.25) is 0 Å². The summed E-state index contributed by atoms with van der Waals surface area (Å²) in [6.45, 7) is 0.0660. The van der Waals surface area contributed by atoms with Gasteiger partial charge in [0.25, 0.3) is 0 Å². The van der Waals surface area contributed by atoms with Crippen LogP contribution in [0.1, 0.15) is 13.3 Å². The molecule has 204 valence electrons. The summed E-state index contributed by atoms with van der Waals surface area (Å²) in [5, 5.41) is 3.51. The highest BCUT2D eigenvalue weighted by Gasteiger charge is 2.43. The monoisotopic (exact) mass is 560 g/mol. The smallest absolute Gasteiger partial charge is 0.442 e. The van der Waals surface area contributed by atoms with Crippen molar-refractivity contribution in [1.82, 2.24) is 5.16 Å². The highest BCUT2D eigenvalue weighted by Crippen LogP contribution is 2.49. The molecule has 0 radical (unpaired) electrons. The van der Waals surface area contributed by atoms with Crippen LogP contribution in [-0.2, 0) is 23.4 Å². The summed E-state index contributed by atoms with van der Waals surface area (Å²) in [5.74, 6) is -4.90. The second-order valence-corrected chi connectivity index (χ2v) is 9.55. The zero-order chi connectivity index (χ0) is 27.6. The molecule has 1 amide bonds. The minimum atomic E-state index is -5.00. The Balaban J connectivity index is 1.57. The number of carbonyl (C=O) groups is 3. The van der Waals surface area contributed by atoms with Crippen molar-refractivity contribution in [2.24, 2.45) is 0 Å². The van der Waals surface area contributed by atoms with Crippen LogP contribution in [0.5, 0.6) is 0 Å². The molecule has 3 heterocycles. The van der Waals surface area contributed by atoms with Gasteiger partial charge in [0, 0.05) is 31.3 Å². The van der Waals surface area contributed by atoms with Gasteiger partial charge in [-0.2, -0.15) is 0 Å². The number of hydrogen-bond donors (Lipinski definition) is 1. The fourth-order valence-electron chi connectivity index (χ4n) is 3.74. The first kappa shape index (κ1) is 27.0. The third-order valence-electron chi connectivity index (χ3n) is 5.43. The summed E-state index contributed by atoms with van der Waals surface area (Å²) >= 11 is 0. The molecular formula is C21H20F3N4O9P. The number of rotatable bonds is 8. The number of hydrogen-bond acceptors (Lipinski definition) is 10. The van der Waals surface area contributed by atoms with Crippen molar-refractivity contribution in [3.8, 4) is 0 Å². The van der Waals surface area contributed by atoms with Crippen LogP contribution in [-0.4, -0.2) is 60.4 Å². The second kappa shape index (κ2) is 10.8. The zero-order valence-electron chi connectivity index (χ0n) is 19.6. The maximum absolute atomic E-state index is 15.0. The van der Waals surface area contributed by atoms with Crippen molar-refractivity contribution >= 4 is 43.0 Å². The molecule has 1 fully saturated rings. The number of nitrogens with zero attached hydrogens (tertiary/aromatic N) is 4. The summed E-state index contributed by atoms with van der Waals surface area (Å²) in [5.41, 5.74) is -1.52. The van der Waals surface area contributed by atoms with Gasteiger partial charge in [-0.3, -0.25) is 14.6 Å². The predicted molar refractivity (Wildman–Crippen MR) is 122 cm³/mol. The molecule has 13 nitrogen and oxygen atoms in total. The topological polar surface area (TPSA) is 152 Å². The Morgan fingerprint density at radius 2 is 2.08 bits per heavy atom. The third kappa shape index (κ3) is 5.45. The van der Waals surface area contributed by atoms with Crippen LogP contribution in [0.4, 0.5) is 40.0 Å². The summed E-state index contributed by atoms with van der Waals surface area (Å²) in [4.78, 5) is 47.5. The van der Waals surface area contributed by atoms with Crippen LogP contribution >= 0.6 is 7.75 Å². The first-order valence-corrected chi connectivity index (χ1v) is 12.6. The minimum absolute atomic E-state index is 0.0322. The van der Waals surface area contributed by atoms with E-state index in [1.165, 1.54) is 6.92 Å². The second-order valence-electron chi connectivity index (χ2n) is 7.90. The number of amides is 1. The molecule has 1 N–H and O–H groups in total. The van der Waals surface area contributed by atoms with Gasteiger partial charge in [-0.25, -0.2) is 32.0 Å². The van der Waals surface area contributed by atoms with Crippen LogP contribution in [0, 0.1) is 17.5 Å². The summed E-state index contributed by atoms with van der Waals surface area (Å²) in [7, 11) is -5.00. The lowest BCUT2D eigenvalue weighted by Crippen LogP contribution is -2.34. The molecule has 2 aliphatic rings. The van der Waals surface area contributed by atoms with Crippen molar-refractivity contribution in [3.05, 3.63) is 48.1 Å². The van der Waals surface area contributed by atoms with E-state index in [9.17, 15) is 32.6 Å². The van der Waals surface area contributed by atoms with Gasteiger partial charge >= 0.3 is 20.0 Å². The van der Waals surface area contributed by atoms with E-state index in [0.29, 0.717) is 15.6 Å². The lowest BCUT2D eigenvalue weighted by atomic mass is 10.1. The third-order valence-corrected chi connectivity index (χ3v) is 6.80. The Morgan fingerprint density at radius 3 is 2.71 bits per heavy atom. The van der Waals surface area contributed by atoms with E-state index in [0.717, 1.165) is 29.5 Å². The van der Waals surface area contributed by atoms with Crippen molar-refractivity contribution in [2.75, 3.05) is 40.7 Å². The molecule has 0 aliphatic carbocycles. The number of cyclic esters (lactones) is 1. The van der Waals surface area contributed by atoms with Crippen LogP contribution in [0.3, 0.4) is 0 Å². The van der Waals surface area contributed by atoms with Crippen molar-refractivity contribution < 1.29 is 55.5 Å². The largest absolute Gasteiger partial charge is 0.516 e. The van der Waals surface area contributed by atoms with E-state index >= 15 is 4.39 Å². The first-order valence-electron chi connectivity index (χ1n) is 11.0. The number of aromatic nitrogens is 1. The van der Waals surface area contributed by atoms with E-state index in [1.807, 2.05) is 0 Å². The molecule has 0 saturated carbocycles. The normalized spacial score (nSPS) is 18.8. The van der Waals surface area contributed by atoms with Gasteiger partial charge in [-0.05, 0) is 13.0 Å². The van der Waals surface area contributed by atoms with Crippen LogP contribution < -0.4 is 14.5 Å². The molecule has 1 aromatic carbocycles. The quantitative estimate of drug-likeness (QED) is 0.286. The maximum atomic E-state index is 15.0. The molecule has 0 spiro atoms. The molecule has 4 rings (SSSR count). The van der Waals surface area contributed by atoms with Gasteiger partial charge in [0.2, 0.25) is 0 Å². The Labute approximate surface area is 212 Å². The highest BCUT2D eigenvalue weighted by molar-refractivity contribution is 7.55. The molecule has 2 aliphatic heterocycles. The van der Waals surface area contributed by atoms with Gasteiger partial charge in [0.15, 0.2) is 29.1 Å². The molecular weight excluding hydrogens is 540 g/mol. The van der Waals surface area contributed by atoms with Crippen LogP contribution in [0.25, 0.3) is 0 Å². The molecule has 2 unspecified atom stereocenters. The van der Waals surface area contributed by atoms with Gasteiger partial charge in [0.05, 0.1) is 25.4 Å². The number of carbonyl (C=O) groups excluding carboxylic acids is 3. The Kier molecular flexibility index (Phi) is 7.64. The summed E-state index contributed by atoms with van der Waals surface area (Å²) in [6, 6.07) is 1.75. The van der Waals surface area contributed by atoms with E-state index in [2.05, 4.69) is 18.9 Å². The zero-order valence-corrected chi connectivity index (χ0v) is 20.5. The highest BCUT2D eigenvalue weighted by atomic mass is 31.2. The van der Waals surface area contributed by atoms with Gasteiger partial charge < -0.3 is 23.4 Å². The van der Waals surface area contributed by atoms with Crippen molar-refractivity contribution in [3.63, 3.8) is 0 Å². The number of ketones is 1. The van der Waals surface area contributed by atoms with E-state index in [4.69, 9.17) is 4.74 Å². The van der Waals surface area contributed by atoms with E-state index < -0.39 is 68.0 Å². The Bertz CT molecular complexity index is 1320. The van der Waals surface area contributed by atoms with E-state index in [-0.39, 0.29) is 31.2 Å². The first-order chi connectivity index (χ1) is 18.0. The predicted octanol–water partition coefficient (Wildman–Crippen LogP) is 3.49. The fourth-order valence-corrected chi connectivity index (χ4v) is 4.84. The standard InChI is InChI=1S/C21H20F3N4O9P/c1-2-34-21(31)37-38(32,33)28(16-5-8-35-25-16)11-13-10-27(20(30)36-13)15-9-14(22)19(18(24)17(15)23)26-6-3-12(29)4-7-26/h3,5-6,8-9,13H,2,4,7,10-11H2,1H3,(H,32,33). The molecule has 2 atom stereocenters. The summed E-state index contributed by atoms with van der Waals surface area (Å²) in [6.07, 6.45) is -0.711. The number of allylic oxidation sites excluding steroid dienone is 1. The fraction of sp³-hybridized carbons (Fsp3) is 0.333. The van der Waals surface area contributed by atoms with Gasteiger partial charge in [0.1, 0.15) is 18.1 Å². The average molecular weight is 560 g/mol. The number of anilines is 3. The lowest BCUT2D eigenvalue weighted by Gasteiger charge is -2.26.